The Balaban J connectivity index is 0.000000367. The number of alkyl halides is 1. The summed E-state index contributed by atoms with van der Waals surface area (Å²) in [6.07, 6.45) is 8.19. The number of benzene rings is 1. The Morgan fingerprint density at radius 2 is 1.66 bits per heavy atom. The summed E-state index contributed by atoms with van der Waals surface area (Å²) < 4.78 is 15.8. The Labute approximate surface area is 218 Å². The first-order chi connectivity index (χ1) is 16.9. The predicted molar refractivity (Wildman–Crippen MR) is 138 cm³/mol. The van der Waals surface area contributed by atoms with Gasteiger partial charge in [0.05, 0.1) is 0 Å². The van der Waals surface area contributed by atoms with E-state index in [0.29, 0.717) is 30.4 Å². The number of ether oxygens (including phenoxy) is 3. The van der Waals surface area contributed by atoms with E-state index in [0.717, 1.165) is 37.7 Å². The van der Waals surface area contributed by atoms with Crippen LogP contribution in [0.15, 0.2) is 30.3 Å². The lowest BCUT2D eigenvalue weighted by Gasteiger charge is -2.36. The standard InChI is InChI=1S/C20H27NO4.C7H13BrO2/c1-3-19(22)24-13-18(14-7-5-4-6-8-14)20(23)25-17-11-15-9-10-16(12-17)21(15)2;1-2-3-4-5-7(9)10-6-8/h4-8,15-18H,3,9-13H2,1-2H3;2-6H2,1H3. The number of carbonyl (C=O) groups is 3. The zero-order valence-electron chi connectivity index (χ0n) is 21.2. The van der Waals surface area contributed by atoms with Crippen LogP contribution in [0.5, 0.6) is 0 Å². The SMILES string of the molecule is CCC(=O)OCC(C(=O)OC1CC2CCC(C1)N2C)c1ccccc1.CCCCCC(=O)OCBr. The number of hydrogen-bond acceptors (Lipinski definition) is 7. The number of hydrogen-bond donors (Lipinski definition) is 0. The van der Waals surface area contributed by atoms with Gasteiger partial charge in [-0.3, -0.25) is 14.4 Å². The number of piperidine rings is 1. The van der Waals surface area contributed by atoms with Crippen LogP contribution in [0, 0.1) is 0 Å². The molecule has 0 aliphatic carbocycles. The van der Waals surface area contributed by atoms with Crippen LogP contribution in [0.3, 0.4) is 0 Å². The Hall–Kier alpha value is -1.93. The second-order valence-electron chi connectivity index (χ2n) is 9.16. The van der Waals surface area contributed by atoms with Gasteiger partial charge in [-0.05, 0) is 60.6 Å². The van der Waals surface area contributed by atoms with Crippen molar-refractivity contribution in [1.29, 1.82) is 0 Å². The van der Waals surface area contributed by atoms with E-state index in [9.17, 15) is 14.4 Å². The zero-order chi connectivity index (χ0) is 25.6. The number of carbonyl (C=O) groups excluding carboxylic acids is 3. The summed E-state index contributed by atoms with van der Waals surface area (Å²) in [7, 11) is 2.16. The topological polar surface area (TPSA) is 82.1 Å². The largest absolute Gasteiger partial charge is 0.464 e. The third kappa shape index (κ3) is 9.92. The number of esters is 3. The Morgan fingerprint density at radius 3 is 2.23 bits per heavy atom. The summed E-state index contributed by atoms with van der Waals surface area (Å²) in [5.41, 5.74) is 1.14. The predicted octanol–water partition coefficient (Wildman–Crippen LogP) is 5.35. The van der Waals surface area contributed by atoms with Crippen LogP contribution in [0.4, 0.5) is 0 Å². The molecule has 0 radical (unpaired) electrons. The molecule has 7 nitrogen and oxygen atoms in total. The molecule has 0 saturated carbocycles. The van der Waals surface area contributed by atoms with Crippen molar-refractivity contribution in [3.63, 3.8) is 0 Å². The fourth-order valence-electron chi connectivity index (χ4n) is 4.62. The first kappa shape index (κ1) is 29.3. The molecule has 3 unspecified atom stereocenters. The molecule has 2 bridgehead atoms. The highest BCUT2D eigenvalue weighted by molar-refractivity contribution is 9.09. The molecule has 0 N–H and O–H groups in total. The van der Waals surface area contributed by atoms with Crippen molar-refractivity contribution in [3.8, 4) is 0 Å². The highest BCUT2D eigenvalue weighted by Crippen LogP contribution is 2.36. The summed E-state index contributed by atoms with van der Waals surface area (Å²) in [4.78, 5) is 37.4. The van der Waals surface area contributed by atoms with Gasteiger partial charge < -0.3 is 19.1 Å². The number of unbranched alkanes of at least 4 members (excludes halogenated alkanes) is 2. The Bertz CT molecular complexity index is 775. The summed E-state index contributed by atoms with van der Waals surface area (Å²) in [6.45, 7) is 3.89. The highest BCUT2D eigenvalue weighted by atomic mass is 79.9. The van der Waals surface area contributed by atoms with Crippen molar-refractivity contribution < 1.29 is 28.6 Å². The molecular formula is C27H40BrNO6. The molecule has 2 aliphatic heterocycles. The summed E-state index contributed by atoms with van der Waals surface area (Å²) in [5.74, 6) is -1.26. The third-order valence-electron chi connectivity index (χ3n) is 6.72. The molecule has 3 atom stereocenters. The molecule has 0 spiro atoms. The lowest BCUT2D eigenvalue weighted by Crippen LogP contribution is -2.44. The lowest BCUT2D eigenvalue weighted by atomic mass is 9.98. The van der Waals surface area contributed by atoms with Gasteiger partial charge in [0.25, 0.3) is 0 Å². The normalized spacial score (nSPS) is 21.9. The van der Waals surface area contributed by atoms with E-state index >= 15 is 0 Å². The maximum absolute atomic E-state index is 12.8. The average molecular weight is 555 g/mol. The van der Waals surface area contributed by atoms with E-state index in [-0.39, 0.29) is 30.6 Å². The molecule has 2 heterocycles. The van der Waals surface area contributed by atoms with Gasteiger partial charge in [-0.2, -0.15) is 0 Å². The number of nitrogens with zero attached hydrogens (tertiary/aromatic N) is 1. The lowest BCUT2D eigenvalue weighted by molar-refractivity contribution is -0.158. The fraction of sp³-hybridized carbons (Fsp3) is 0.667. The highest BCUT2D eigenvalue weighted by Gasteiger charge is 2.40. The van der Waals surface area contributed by atoms with Crippen molar-refractivity contribution in [3.05, 3.63) is 35.9 Å². The third-order valence-corrected chi connectivity index (χ3v) is 6.95. The van der Waals surface area contributed by atoms with Gasteiger partial charge in [0.2, 0.25) is 0 Å². The Kier molecular flexibility index (Phi) is 13.3. The molecule has 0 aromatic heterocycles. The van der Waals surface area contributed by atoms with Crippen LogP contribution < -0.4 is 0 Å². The second kappa shape index (κ2) is 15.9. The fourth-order valence-corrected chi connectivity index (χ4v) is 4.88. The van der Waals surface area contributed by atoms with Gasteiger partial charge in [0, 0.05) is 24.9 Å². The molecule has 2 fully saturated rings. The van der Waals surface area contributed by atoms with Crippen molar-refractivity contribution in [2.45, 2.75) is 95.7 Å². The van der Waals surface area contributed by atoms with Crippen LogP contribution in [-0.4, -0.2) is 60.2 Å². The maximum Gasteiger partial charge on any atom is 0.317 e. The first-order valence-electron chi connectivity index (χ1n) is 12.7. The molecular weight excluding hydrogens is 514 g/mol. The van der Waals surface area contributed by atoms with Crippen LogP contribution >= 0.6 is 15.9 Å². The molecule has 8 heteroatoms. The van der Waals surface area contributed by atoms with E-state index in [2.05, 4.69) is 39.5 Å². The zero-order valence-corrected chi connectivity index (χ0v) is 22.8. The van der Waals surface area contributed by atoms with E-state index in [1.807, 2.05) is 30.3 Å². The van der Waals surface area contributed by atoms with Crippen LogP contribution in [0.25, 0.3) is 0 Å². The van der Waals surface area contributed by atoms with E-state index in [1.165, 1.54) is 12.8 Å². The number of halogens is 1. The monoisotopic (exact) mass is 553 g/mol. The minimum atomic E-state index is -0.561. The number of fused-ring (bicyclic) bond motifs is 2. The summed E-state index contributed by atoms with van der Waals surface area (Å²) in [6, 6.07) is 10.5. The van der Waals surface area contributed by atoms with E-state index in [4.69, 9.17) is 9.47 Å². The second-order valence-corrected chi connectivity index (χ2v) is 9.62. The molecule has 35 heavy (non-hydrogen) atoms. The van der Waals surface area contributed by atoms with Gasteiger partial charge in [-0.15, -0.1) is 0 Å². The minimum Gasteiger partial charge on any atom is -0.464 e. The quantitative estimate of drug-likeness (QED) is 0.158. The summed E-state index contributed by atoms with van der Waals surface area (Å²) >= 11 is 3.02. The molecule has 3 rings (SSSR count). The maximum atomic E-state index is 12.8. The van der Waals surface area contributed by atoms with Crippen molar-refractivity contribution >= 4 is 33.8 Å². The van der Waals surface area contributed by atoms with Crippen LogP contribution in [0.2, 0.25) is 0 Å². The van der Waals surface area contributed by atoms with Gasteiger partial charge in [-0.1, -0.05) is 57.0 Å². The van der Waals surface area contributed by atoms with E-state index in [1.54, 1.807) is 6.92 Å². The van der Waals surface area contributed by atoms with E-state index < -0.39 is 5.92 Å². The molecule has 0 amide bonds. The smallest absolute Gasteiger partial charge is 0.317 e. The minimum absolute atomic E-state index is 0.0331. The van der Waals surface area contributed by atoms with Crippen LogP contribution in [-0.2, 0) is 28.6 Å². The van der Waals surface area contributed by atoms with Crippen LogP contribution in [0.1, 0.15) is 83.1 Å². The molecule has 196 valence electrons. The Morgan fingerprint density at radius 1 is 1.00 bits per heavy atom. The molecule has 1 aromatic carbocycles. The van der Waals surface area contributed by atoms with Crippen molar-refractivity contribution in [1.82, 2.24) is 4.90 Å². The van der Waals surface area contributed by atoms with Gasteiger partial charge in [0.1, 0.15) is 24.1 Å². The molecule has 1 aromatic rings. The average Bonchev–Trinajstić information content (AvgIpc) is 3.05. The van der Waals surface area contributed by atoms with Gasteiger partial charge in [-0.25, -0.2) is 0 Å². The molecule has 2 aliphatic rings. The van der Waals surface area contributed by atoms with Gasteiger partial charge >= 0.3 is 17.9 Å². The van der Waals surface area contributed by atoms with Gasteiger partial charge in [0.15, 0.2) is 0 Å². The summed E-state index contributed by atoms with van der Waals surface area (Å²) in [5, 5.41) is 0. The molecule has 2 saturated heterocycles. The number of rotatable bonds is 11. The van der Waals surface area contributed by atoms with Crippen molar-refractivity contribution in [2.75, 3.05) is 19.2 Å². The van der Waals surface area contributed by atoms with Crippen molar-refractivity contribution in [2.24, 2.45) is 0 Å². The first-order valence-corrected chi connectivity index (χ1v) is 13.9.